The number of ether oxygens (including phenoxy) is 2. The van der Waals surface area contributed by atoms with E-state index < -0.39 is 34.4 Å². The quantitative estimate of drug-likeness (QED) is 0.256. The molecule has 0 radical (unpaired) electrons. The number of benzene rings is 1. The summed E-state index contributed by atoms with van der Waals surface area (Å²) in [7, 11) is 0. The number of aryl methyl sites for hydroxylation is 1. The Balaban J connectivity index is 2.17. The van der Waals surface area contributed by atoms with Crippen LogP contribution in [0, 0.1) is 17.0 Å². The van der Waals surface area contributed by atoms with Gasteiger partial charge in [-0.25, -0.2) is 9.59 Å². The van der Waals surface area contributed by atoms with Crippen molar-refractivity contribution in [3.63, 3.8) is 0 Å². The van der Waals surface area contributed by atoms with Crippen molar-refractivity contribution < 1.29 is 28.8 Å². The van der Waals surface area contributed by atoms with E-state index in [2.05, 4.69) is 9.97 Å². The van der Waals surface area contributed by atoms with Crippen molar-refractivity contribution in [2.24, 2.45) is 0 Å². The van der Waals surface area contributed by atoms with E-state index in [0.717, 1.165) is 12.1 Å². The van der Waals surface area contributed by atoms with Crippen molar-refractivity contribution in [3.8, 4) is 0 Å². The molecule has 11 heteroatoms. The Labute approximate surface area is 170 Å². The smallest absolute Gasteiger partial charge is 0.338 e. The topological polar surface area (TPSA) is 161 Å². The zero-order valence-electron chi connectivity index (χ0n) is 16.4. The normalized spacial score (nSPS) is 11.5. The highest BCUT2D eigenvalue weighted by molar-refractivity contribution is 6.01. The minimum atomic E-state index is -1.27. The van der Waals surface area contributed by atoms with Gasteiger partial charge in [-0.15, -0.1) is 0 Å². The first-order valence-corrected chi connectivity index (χ1v) is 9.17. The van der Waals surface area contributed by atoms with E-state index in [0.29, 0.717) is 0 Å². The van der Waals surface area contributed by atoms with Crippen LogP contribution >= 0.6 is 0 Å². The van der Waals surface area contributed by atoms with E-state index in [9.17, 15) is 29.3 Å². The molecule has 0 spiro atoms. The van der Waals surface area contributed by atoms with Crippen molar-refractivity contribution >= 4 is 23.4 Å². The van der Waals surface area contributed by atoms with Crippen LogP contribution < -0.4 is 5.69 Å². The number of non-ortho nitro benzene ring substituents is 1. The molecular formula is C19H21N3O8. The lowest BCUT2D eigenvalue weighted by Gasteiger charge is -2.16. The van der Waals surface area contributed by atoms with Gasteiger partial charge in [-0.05, 0) is 38.8 Å². The molecule has 2 N–H and O–H groups in total. The summed E-state index contributed by atoms with van der Waals surface area (Å²) in [6.07, 6.45) is -1.03. The summed E-state index contributed by atoms with van der Waals surface area (Å²) in [5.41, 5.74) is -0.510. The fraction of sp³-hybridized carbons (Fsp3) is 0.368. The highest BCUT2D eigenvalue weighted by Crippen LogP contribution is 2.17. The molecule has 1 atom stereocenters. The van der Waals surface area contributed by atoms with E-state index in [-0.39, 0.29) is 48.5 Å². The second kappa shape index (κ2) is 10.1. The lowest BCUT2D eigenvalue weighted by Crippen LogP contribution is -2.29. The summed E-state index contributed by atoms with van der Waals surface area (Å²) in [6.45, 7) is 3.40. The molecule has 0 aliphatic rings. The molecule has 11 nitrogen and oxygen atoms in total. The summed E-state index contributed by atoms with van der Waals surface area (Å²) < 4.78 is 10.1. The molecule has 1 aromatic carbocycles. The summed E-state index contributed by atoms with van der Waals surface area (Å²) in [4.78, 5) is 63.2. The second-order valence-corrected chi connectivity index (χ2v) is 6.34. The highest BCUT2D eigenvalue weighted by atomic mass is 16.6. The summed E-state index contributed by atoms with van der Waals surface area (Å²) in [5, 5.41) is 10.7. The van der Waals surface area contributed by atoms with Crippen molar-refractivity contribution in [2.75, 3.05) is 6.61 Å². The van der Waals surface area contributed by atoms with E-state index >= 15 is 0 Å². The maximum absolute atomic E-state index is 12.8. The number of hydrogen-bond acceptors (Lipinski definition) is 8. The van der Waals surface area contributed by atoms with Crippen molar-refractivity contribution in [2.45, 2.75) is 39.2 Å². The molecule has 0 unspecified atom stereocenters. The van der Waals surface area contributed by atoms with E-state index in [1.54, 1.807) is 6.92 Å². The van der Waals surface area contributed by atoms with Crippen LogP contribution in [0.1, 0.15) is 52.7 Å². The van der Waals surface area contributed by atoms with Crippen LogP contribution in [0.15, 0.2) is 29.1 Å². The van der Waals surface area contributed by atoms with Crippen molar-refractivity contribution in [1.82, 2.24) is 9.97 Å². The van der Waals surface area contributed by atoms with Crippen LogP contribution in [0.4, 0.5) is 5.69 Å². The summed E-state index contributed by atoms with van der Waals surface area (Å²) in [5.74, 6) is -1.95. The van der Waals surface area contributed by atoms with Gasteiger partial charge in [0.05, 0.1) is 17.1 Å². The minimum Gasteiger partial charge on any atom is -0.466 e. The number of Topliss-reactive ketones (excluding diaryl/α,β-unsaturated/α-hetero) is 1. The number of rotatable bonds is 10. The number of nitrogens with one attached hydrogen (secondary N) is 2. The fourth-order valence-corrected chi connectivity index (χ4v) is 2.70. The maximum Gasteiger partial charge on any atom is 0.338 e. The number of nitro groups is 1. The highest BCUT2D eigenvalue weighted by Gasteiger charge is 2.28. The molecule has 0 saturated heterocycles. The number of carbonyl (C=O) groups excluding carboxylic acids is 3. The van der Waals surface area contributed by atoms with Crippen LogP contribution in [-0.4, -0.2) is 45.3 Å². The zero-order valence-corrected chi connectivity index (χ0v) is 16.4. The first-order valence-electron chi connectivity index (χ1n) is 9.17. The molecule has 2 aromatic rings. The SMILES string of the molecule is CCOC(=O)CCC[C@H](OC(=O)c1ccc([N+](=O)[O-])cc1)C(=O)c1[nH]c(=O)[nH]c1C. The first-order chi connectivity index (χ1) is 14.2. The Morgan fingerprint density at radius 1 is 1.17 bits per heavy atom. The summed E-state index contributed by atoms with van der Waals surface area (Å²) in [6, 6.07) is 4.71. The molecule has 0 aliphatic carbocycles. The van der Waals surface area contributed by atoms with Crippen LogP contribution in [0.25, 0.3) is 0 Å². The Kier molecular flexibility index (Phi) is 7.62. The van der Waals surface area contributed by atoms with Gasteiger partial charge in [-0.1, -0.05) is 0 Å². The Bertz CT molecular complexity index is 990. The molecule has 0 aliphatic heterocycles. The number of esters is 2. The number of H-pyrrole nitrogens is 2. The molecule has 30 heavy (non-hydrogen) atoms. The number of aromatic nitrogens is 2. The third-order valence-corrected chi connectivity index (χ3v) is 4.17. The molecule has 0 fully saturated rings. The van der Waals surface area contributed by atoms with Gasteiger partial charge in [0.25, 0.3) is 5.69 Å². The largest absolute Gasteiger partial charge is 0.466 e. The lowest BCUT2D eigenvalue weighted by atomic mass is 10.0. The number of aromatic amines is 2. The number of nitrogens with zero attached hydrogens (tertiary/aromatic N) is 1. The maximum atomic E-state index is 12.8. The molecule has 1 aromatic heterocycles. The van der Waals surface area contributed by atoms with Crippen LogP contribution in [0.2, 0.25) is 0 Å². The third kappa shape index (κ3) is 5.87. The molecule has 160 valence electrons. The van der Waals surface area contributed by atoms with E-state index in [4.69, 9.17) is 9.47 Å². The molecular weight excluding hydrogens is 398 g/mol. The summed E-state index contributed by atoms with van der Waals surface area (Å²) >= 11 is 0. The van der Waals surface area contributed by atoms with Gasteiger partial charge >= 0.3 is 17.6 Å². The van der Waals surface area contributed by atoms with Gasteiger partial charge in [0.15, 0.2) is 6.10 Å². The Morgan fingerprint density at radius 2 is 1.83 bits per heavy atom. The van der Waals surface area contributed by atoms with Gasteiger partial charge in [0.2, 0.25) is 5.78 Å². The number of imidazole rings is 1. The number of hydrogen-bond donors (Lipinski definition) is 2. The minimum absolute atomic E-state index is 0.0167. The first kappa shape index (κ1) is 22.5. The standard InChI is InChI=1S/C19H21N3O8/c1-3-29-15(23)6-4-5-14(17(24)16-11(2)20-19(26)21-16)30-18(25)12-7-9-13(10-8-12)22(27)28/h7-10,14H,3-6H2,1-2H3,(H2,20,21,26)/t14-/m0/s1. The lowest BCUT2D eigenvalue weighted by molar-refractivity contribution is -0.384. The predicted molar refractivity (Wildman–Crippen MR) is 103 cm³/mol. The number of carbonyl (C=O) groups is 3. The average Bonchev–Trinajstić information content (AvgIpc) is 3.04. The monoisotopic (exact) mass is 419 g/mol. The van der Waals surface area contributed by atoms with Crippen molar-refractivity contribution in [3.05, 3.63) is 61.8 Å². The van der Waals surface area contributed by atoms with Crippen LogP contribution in [0.5, 0.6) is 0 Å². The average molecular weight is 419 g/mol. The van der Waals surface area contributed by atoms with Gasteiger partial charge in [-0.3, -0.25) is 19.7 Å². The van der Waals surface area contributed by atoms with Gasteiger partial charge < -0.3 is 19.4 Å². The number of nitro benzene ring substituents is 1. The van der Waals surface area contributed by atoms with Gasteiger partial charge in [-0.2, -0.15) is 0 Å². The van der Waals surface area contributed by atoms with Gasteiger partial charge in [0, 0.05) is 24.2 Å². The van der Waals surface area contributed by atoms with Crippen LogP contribution in [0.3, 0.4) is 0 Å². The van der Waals surface area contributed by atoms with E-state index in [1.165, 1.54) is 19.1 Å². The molecule has 0 bridgehead atoms. The fourth-order valence-electron chi connectivity index (χ4n) is 2.70. The molecule has 1 heterocycles. The van der Waals surface area contributed by atoms with Crippen LogP contribution in [-0.2, 0) is 14.3 Å². The molecule has 0 saturated carbocycles. The second-order valence-electron chi connectivity index (χ2n) is 6.34. The Morgan fingerprint density at radius 3 is 2.37 bits per heavy atom. The predicted octanol–water partition coefficient (Wildman–Crippen LogP) is 2.06. The van der Waals surface area contributed by atoms with Crippen molar-refractivity contribution in [1.29, 1.82) is 0 Å². The molecule has 2 rings (SSSR count). The Hall–Kier alpha value is -3.76. The zero-order chi connectivity index (χ0) is 22.3. The number of ketones is 1. The van der Waals surface area contributed by atoms with Gasteiger partial charge in [0.1, 0.15) is 5.69 Å². The van der Waals surface area contributed by atoms with E-state index in [1.807, 2.05) is 0 Å². The third-order valence-electron chi connectivity index (χ3n) is 4.17. The molecule has 0 amide bonds.